The summed E-state index contributed by atoms with van der Waals surface area (Å²) >= 11 is 0. The summed E-state index contributed by atoms with van der Waals surface area (Å²) in [6, 6.07) is 9.73. The van der Waals surface area contributed by atoms with Gasteiger partial charge in [0.1, 0.15) is 23.7 Å². The molecule has 154 valence electrons. The van der Waals surface area contributed by atoms with Crippen LogP contribution in [0.15, 0.2) is 40.7 Å². The van der Waals surface area contributed by atoms with E-state index in [1.54, 1.807) is 6.20 Å². The topological polar surface area (TPSA) is 92.8 Å². The van der Waals surface area contributed by atoms with Crippen molar-refractivity contribution >= 4 is 11.4 Å². The van der Waals surface area contributed by atoms with Crippen LogP contribution in [-0.4, -0.2) is 40.7 Å². The minimum atomic E-state index is 0.0903. The molecule has 1 fully saturated rings. The third kappa shape index (κ3) is 4.71. The largest absolute Gasteiger partial charge is 0.489 e. The molecular formula is C23H25N5O2. The van der Waals surface area contributed by atoms with E-state index in [0.717, 1.165) is 41.9 Å². The maximum Gasteiger partial charge on any atom is 0.137 e. The molecule has 2 aromatic rings. The number of ether oxygens (including phenoxy) is 2. The standard InChI is InChI=1S/C23H25N5O2/c1-15(2)21-12-18(27-28-21)13-23-25-8-5-20(26-23)16-3-4-22(17(11-16)14-24)30-19-6-9-29-10-7-19/h3-5,8,11,15,19H,6-7,9-10,12-13H2,1-2H3. The summed E-state index contributed by atoms with van der Waals surface area (Å²) in [4.78, 5) is 9.08. The normalized spacial score (nSPS) is 16.9. The van der Waals surface area contributed by atoms with Gasteiger partial charge in [-0.05, 0) is 30.2 Å². The lowest BCUT2D eigenvalue weighted by atomic mass is 10.0. The zero-order chi connectivity index (χ0) is 20.9. The molecule has 0 aliphatic carbocycles. The molecule has 2 aliphatic heterocycles. The monoisotopic (exact) mass is 403 g/mol. The highest BCUT2D eigenvalue weighted by Gasteiger charge is 2.19. The number of aromatic nitrogens is 2. The lowest BCUT2D eigenvalue weighted by Gasteiger charge is -2.23. The molecule has 0 amide bonds. The Morgan fingerprint density at radius 1 is 1.20 bits per heavy atom. The van der Waals surface area contributed by atoms with Gasteiger partial charge in [0.15, 0.2) is 0 Å². The van der Waals surface area contributed by atoms with Crippen LogP contribution in [0.5, 0.6) is 5.75 Å². The van der Waals surface area contributed by atoms with Crippen LogP contribution in [-0.2, 0) is 11.2 Å². The van der Waals surface area contributed by atoms with Gasteiger partial charge in [-0.3, -0.25) is 0 Å². The van der Waals surface area contributed by atoms with Gasteiger partial charge < -0.3 is 9.47 Å². The van der Waals surface area contributed by atoms with Crippen molar-refractivity contribution in [1.82, 2.24) is 9.97 Å². The van der Waals surface area contributed by atoms with Crippen LogP contribution in [0.3, 0.4) is 0 Å². The molecule has 1 saturated heterocycles. The van der Waals surface area contributed by atoms with Crippen molar-refractivity contribution in [3.05, 3.63) is 41.9 Å². The summed E-state index contributed by atoms with van der Waals surface area (Å²) in [5, 5.41) is 18.2. The highest BCUT2D eigenvalue weighted by Crippen LogP contribution is 2.27. The number of nitriles is 1. The van der Waals surface area contributed by atoms with E-state index in [9.17, 15) is 5.26 Å². The van der Waals surface area contributed by atoms with Crippen LogP contribution in [0.2, 0.25) is 0 Å². The fourth-order valence-corrected chi connectivity index (χ4v) is 3.51. The van der Waals surface area contributed by atoms with E-state index in [1.165, 1.54) is 0 Å². The van der Waals surface area contributed by atoms with Gasteiger partial charge >= 0.3 is 0 Å². The summed E-state index contributed by atoms with van der Waals surface area (Å²) in [7, 11) is 0. The van der Waals surface area contributed by atoms with Crippen molar-refractivity contribution < 1.29 is 9.47 Å². The average Bonchev–Trinajstić information content (AvgIpc) is 3.24. The van der Waals surface area contributed by atoms with Gasteiger partial charge in [0.2, 0.25) is 0 Å². The van der Waals surface area contributed by atoms with Crippen molar-refractivity contribution in [1.29, 1.82) is 5.26 Å². The molecule has 0 atom stereocenters. The first-order chi connectivity index (χ1) is 14.6. The Bertz CT molecular complexity index is 1020. The number of hydrogen-bond acceptors (Lipinski definition) is 7. The summed E-state index contributed by atoms with van der Waals surface area (Å²) in [5.41, 5.74) is 4.22. The fourth-order valence-electron chi connectivity index (χ4n) is 3.51. The quantitative estimate of drug-likeness (QED) is 0.727. The number of benzene rings is 1. The van der Waals surface area contributed by atoms with E-state index in [-0.39, 0.29) is 6.10 Å². The van der Waals surface area contributed by atoms with Crippen molar-refractivity contribution in [2.45, 2.75) is 45.6 Å². The second-order valence-electron chi connectivity index (χ2n) is 7.88. The first kappa shape index (κ1) is 20.2. The van der Waals surface area contributed by atoms with Gasteiger partial charge in [0, 0.05) is 43.2 Å². The van der Waals surface area contributed by atoms with Crippen molar-refractivity contribution in [3.63, 3.8) is 0 Å². The molecule has 0 N–H and O–H groups in total. The minimum Gasteiger partial charge on any atom is -0.489 e. The molecule has 2 aliphatic rings. The summed E-state index contributed by atoms with van der Waals surface area (Å²) in [6.45, 7) is 5.64. The maximum absolute atomic E-state index is 9.62. The van der Waals surface area contributed by atoms with Gasteiger partial charge in [-0.2, -0.15) is 15.5 Å². The van der Waals surface area contributed by atoms with E-state index in [1.807, 2.05) is 24.3 Å². The molecule has 3 heterocycles. The van der Waals surface area contributed by atoms with E-state index >= 15 is 0 Å². The lowest BCUT2D eigenvalue weighted by molar-refractivity contribution is 0.0254. The third-order valence-electron chi connectivity index (χ3n) is 5.30. The molecule has 0 saturated carbocycles. The number of hydrogen-bond donors (Lipinski definition) is 0. The molecule has 30 heavy (non-hydrogen) atoms. The molecule has 4 rings (SSSR count). The predicted molar refractivity (Wildman–Crippen MR) is 115 cm³/mol. The molecule has 1 aromatic heterocycles. The zero-order valence-electron chi connectivity index (χ0n) is 17.3. The van der Waals surface area contributed by atoms with Crippen LogP contribution in [0, 0.1) is 17.2 Å². The van der Waals surface area contributed by atoms with Crippen molar-refractivity contribution in [3.8, 4) is 23.1 Å². The van der Waals surface area contributed by atoms with E-state index in [4.69, 9.17) is 9.47 Å². The highest BCUT2D eigenvalue weighted by atomic mass is 16.5. The molecule has 7 nitrogen and oxygen atoms in total. The van der Waals surface area contributed by atoms with Crippen LogP contribution >= 0.6 is 0 Å². The molecule has 0 spiro atoms. The lowest BCUT2D eigenvalue weighted by Crippen LogP contribution is -2.26. The summed E-state index contributed by atoms with van der Waals surface area (Å²) < 4.78 is 11.4. The smallest absolute Gasteiger partial charge is 0.137 e. The minimum absolute atomic E-state index is 0.0903. The second kappa shape index (κ2) is 9.14. The van der Waals surface area contributed by atoms with E-state index in [0.29, 0.717) is 42.7 Å². The highest BCUT2D eigenvalue weighted by molar-refractivity contribution is 6.08. The van der Waals surface area contributed by atoms with Gasteiger partial charge in [-0.1, -0.05) is 13.8 Å². The maximum atomic E-state index is 9.62. The average molecular weight is 403 g/mol. The molecule has 1 aromatic carbocycles. The van der Waals surface area contributed by atoms with E-state index in [2.05, 4.69) is 40.1 Å². The third-order valence-corrected chi connectivity index (χ3v) is 5.30. The fraction of sp³-hybridized carbons (Fsp3) is 0.435. The zero-order valence-corrected chi connectivity index (χ0v) is 17.3. The van der Waals surface area contributed by atoms with E-state index < -0.39 is 0 Å². The molecular weight excluding hydrogens is 378 g/mol. The Morgan fingerprint density at radius 3 is 2.77 bits per heavy atom. The van der Waals surface area contributed by atoms with Crippen molar-refractivity contribution in [2.75, 3.05) is 13.2 Å². The van der Waals surface area contributed by atoms with Gasteiger partial charge in [0.25, 0.3) is 0 Å². The number of rotatable bonds is 6. The molecule has 0 radical (unpaired) electrons. The Labute approximate surface area is 176 Å². The van der Waals surface area contributed by atoms with Crippen LogP contribution in [0.4, 0.5) is 0 Å². The second-order valence-corrected chi connectivity index (χ2v) is 7.88. The number of nitrogens with zero attached hydrogens (tertiary/aromatic N) is 5. The van der Waals surface area contributed by atoms with Gasteiger partial charge in [0.05, 0.1) is 30.2 Å². The summed E-state index contributed by atoms with van der Waals surface area (Å²) in [6.07, 6.45) is 4.87. The Morgan fingerprint density at radius 2 is 2.03 bits per heavy atom. The Balaban J connectivity index is 1.49. The summed E-state index contributed by atoms with van der Waals surface area (Å²) in [5.74, 6) is 1.71. The SMILES string of the molecule is CC(C)C1=NN=C(Cc2nccc(-c3ccc(OC4CCOCC4)c(C#N)c3)n2)C1. The van der Waals surface area contributed by atoms with Gasteiger partial charge in [-0.25, -0.2) is 9.97 Å². The molecule has 0 unspecified atom stereocenters. The predicted octanol–water partition coefficient (Wildman–Crippen LogP) is 3.97. The van der Waals surface area contributed by atoms with Crippen molar-refractivity contribution in [2.24, 2.45) is 16.1 Å². The van der Waals surface area contributed by atoms with Crippen LogP contribution in [0.25, 0.3) is 11.3 Å². The molecule has 7 heteroatoms. The Kier molecular flexibility index (Phi) is 6.15. The first-order valence-electron chi connectivity index (χ1n) is 10.4. The first-order valence-corrected chi connectivity index (χ1v) is 10.4. The van der Waals surface area contributed by atoms with Gasteiger partial charge in [-0.15, -0.1) is 0 Å². The van der Waals surface area contributed by atoms with Crippen LogP contribution < -0.4 is 4.74 Å². The Hall–Kier alpha value is -3.11. The van der Waals surface area contributed by atoms with Crippen LogP contribution in [0.1, 0.15) is 44.5 Å². The molecule has 0 bridgehead atoms.